The van der Waals surface area contributed by atoms with Crippen molar-refractivity contribution in [1.82, 2.24) is 0 Å². The van der Waals surface area contributed by atoms with Crippen LogP contribution < -0.4 is 0 Å². The monoisotopic (exact) mass is 330 g/mol. The predicted octanol–water partition coefficient (Wildman–Crippen LogP) is 1.05. The normalized spacial score (nSPS) is 77.2. The first-order valence-corrected chi connectivity index (χ1v) is 10.3. The van der Waals surface area contributed by atoms with Crippen molar-refractivity contribution >= 4 is 0 Å². The SMILES string of the molecule is OCC12OC3CCC4C3C1C1C3C2C2CCC5O[C@](CO)(C41)C3C52. The van der Waals surface area contributed by atoms with Gasteiger partial charge in [-0.2, -0.15) is 0 Å². The molecule has 6 aliphatic carbocycles. The Morgan fingerprint density at radius 2 is 1.08 bits per heavy atom. The Hall–Kier alpha value is -0.160. The van der Waals surface area contributed by atoms with Crippen LogP contribution in [0.25, 0.3) is 0 Å². The Labute approximate surface area is 141 Å². The molecule has 130 valence electrons. The lowest BCUT2D eigenvalue weighted by Crippen LogP contribution is -2.48. The molecule has 6 saturated carbocycles. The van der Waals surface area contributed by atoms with Gasteiger partial charge in [-0.1, -0.05) is 0 Å². The molecule has 4 heteroatoms. The van der Waals surface area contributed by atoms with Gasteiger partial charge in [0, 0.05) is 0 Å². The van der Waals surface area contributed by atoms with Gasteiger partial charge < -0.3 is 19.7 Å². The van der Waals surface area contributed by atoms with Gasteiger partial charge in [-0.15, -0.1) is 0 Å². The van der Waals surface area contributed by atoms with Gasteiger partial charge in [0.2, 0.25) is 0 Å². The maximum atomic E-state index is 10.6. The largest absolute Gasteiger partial charge is 0.393 e. The number of aliphatic hydroxyl groups excluding tert-OH is 2. The third kappa shape index (κ3) is 0.915. The van der Waals surface area contributed by atoms with E-state index in [-0.39, 0.29) is 24.4 Å². The van der Waals surface area contributed by atoms with Crippen molar-refractivity contribution in [2.75, 3.05) is 13.2 Å². The predicted molar refractivity (Wildman–Crippen MR) is 82.7 cm³/mol. The Balaban J connectivity index is 1.44. The molecular weight excluding hydrogens is 304 g/mol. The van der Waals surface area contributed by atoms with E-state index in [1.807, 2.05) is 0 Å². The highest BCUT2D eigenvalue weighted by molar-refractivity contribution is 5.36. The van der Waals surface area contributed by atoms with Crippen LogP contribution in [0, 0.1) is 59.2 Å². The van der Waals surface area contributed by atoms with Crippen LogP contribution in [-0.2, 0) is 9.47 Å². The Morgan fingerprint density at radius 3 is 1.50 bits per heavy atom. The van der Waals surface area contributed by atoms with Crippen LogP contribution in [0.5, 0.6) is 0 Å². The van der Waals surface area contributed by atoms with E-state index in [0.29, 0.717) is 71.4 Å². The van der Waals surface area contributed by atoms with Gasteiger partial charge in [0.05, 0.1) is 36.6 Å². The van der Waals surface area contributed by atoms with Gasteiger partial charge >= 0.3 is 0 Å². The Bertz CT molecular complexity index is 610. The first-order chi connectivity index (χ1) is 11.8. The van der Waals surface area contributed by atoms with E-state index in [2.05, 4.69) is 0 Å². The van der Waals surface area contributed by atoms with Crippen LogP contribution in [0.1, 0.15) is 25.7 Å². The highest BCUT2D eigenvalue weighted by Gasteiger charge is 2.89. The molecule has 8 aliphatic rings. The van der Waals surface area contributed by atoms with Gasteiger partial charge in [-0.3, -0.25) is 0 Å². The summed E-state index contributed by atoms with van der Waals surface area (Å²) in [6.45, 7) is 0.463. The standard InChI is InChI=1S/C20H26O4/c21-5-19-15-7-1-3-9-11(7)17-13(15)14-16(20(17,6-22)23-9)8-2-4-10(24-19)12(8)18(14)19/h7-18,21-22H,1-6H2/t7?,8?,9?,10?,11?,12?,13?,14?,15?,16?,17?,18?,19-,20?/m1/s1. The van der Waals surface area contributed by atoms with Crippen LogP contribution in [0.4, 0.5) is 0 Å². The highest BCUT2D eigenvalue weighted by atomic mass is 16.5. The van der Waals surface area contributed by atoms with Gasteiger partial charge in [-0.25, -0.2) is 0 Å². The summed E-state index contributed by atoms with van der Waals surface area (Å²) >= 11 is 0. The topological polar surface area (TPSA) is 58.9 Å². The second kappa shape index (κ2) is 3.49. The molecule has 0 amide bonds. The van der Waals surface area contributed by atoms with E-state index in [4.69, 9.17) is 9.47 Å². The zero-order chi connectivity index (χ0) is 15.6. The van der Waals surface area contributed by atoms with Gasteiger partial charge in [0.15, 0.2) is 0 Å². The quantitative estimate of drug-likeness (QED) is 0.795. The lowest BCUT2D eigenvalue weighted by atomic mass is 9.72. The summed E-state index contributed by atoms with van der Waals surface area (Å²) < 4.78 is 13.6. The van der Waals surface area contributed by atoms with Crippen molar-refractivity contribution in [3.63, 3.8) is 0 Å². The van der Waals surface area contributed by atoms with Crippen molar-refractivity contribution in [2.24, 2.45) is 59.2 Å². The Kier molecular flexibility index (Phi) is 1.90. The molecule has 4 nitrogen and oxygen atoms in total. The molecule has 0 aromatic carbocycles. The third-order valence-corrected chi connectivity index (χ3v) is 10.8. The molecule has 0 bridgehead atoms. The van der Waals surface area contributed by atoms with Gasteiger partial charge in [0.1, 0.15) is 0 Å². The molecule has 8 fully saturated rings. The van der Waals surface area contributed by atoms with Crippen molar-refractivity contribution in [1.29, 1.82) is 0 Å². The maximum Gasteiger partial charge on any atom is 0.0983 e. The smallest absolute Gasteiger partial charge is 0.0983 e. The van der Waals surface area contributed by atoms with Crippen LogP contribution in [0.15, 0.2) is 0 Å². The first kappa shape index (κ1) is 13.1. The summed E-state index contributed by atoms with van der Waals surface area (Å²) in [5.41, 5.74) is -0.465. The van der Waals surface area contributed by atoms with Gasteiger partial charge in [0.25, 0.3) is 0 Å². The average molecular weight is 330 g/mol. The number of hydrogen-bond acceptors (Lipinski definition) is 4. The fourth-order valence-corrected chi connectivity index (χ4v) is 11.1. The number of hydrogen-bond donors (Lipinski definition) is 2. The van der Waals surface area contributed by atoms with Crippen LogP contribution in [0.2, 0.25) is 0 Å². The fourth-order valence-electron chi connectivity index (χ4n) is 11.1. The summed E-state index contributed by atoms with van der Waals surface area (Å²) in [6, 6.07) is 0. The molecule has 0 aromatic rings. The van der Waals surface area contributed by atoms with E-state index in [1.165, 1.54) is 12.8 Å². The number of ether oxygens (including phenoxy) is 2. The molecule has 2 heterocycles. The molecule has 8 rings (SSSR count). The van der Waals surface area contributed by atoms with E-state index in [9.17, 15) is 10.2 Å². The van der Waals surface area contributed by atoms with Crippen molar-refractivity contribution in [2.45, 2.75) is 49.1 Å². The number of fused-ring (bicyclic) bond motifs is 4. The molecule has 2 aliphatic heterocycles. The average Bonchev–Trinajstić information content (AvgIpc) is 3.36. The van der Waals surface area contributed by atoms with Crippen LogP contribution >= 0.6 is 0 Å². The zero-order valence-electron chi connectivity index (χ0n) is 13.9. The van der Waals surface area contributed by atoms with E-state index in [1.54, 1.807) is 0 Å². The van der Waals surface area contributed by atoms with Crippen molar-refractivity contribution < 1.29 is 19.7 Å². The van der Waals surface area contributed by atoms with E-state index in [0.717, 1.165) is 12.8 Å². The first-order valence-electron chi connectivity index (χ1n) is 10.3. The van der Waals surface area contributed by atoms with Crippen molar-refractivity contribution in [3.05, 3.63) is 0 Å². The third-order valence-electron chi connectivity index (χ3n) is 10.8. The van der Waals surface area contributed by atoms with E-state index < -0.39 is 0 Å². The molecule has 14 atom stereocenters. The minimum absolute atomic E-state index is 0.232. The molecule has 13 unspecified atom stereocenters. The van der Waals surface area contributed by atoms with Gasteiger partial charge in [-0.05, 0) is 84.9 Å². The van der Waals surface area contributed by atoms with Crippen LogP contribution in [-0.4, -0.2) is 46.8 Å². The number of aliphatic hydroxyl groups is 2. The second-order valence-corrected chi connectivity index (χ2v) is 10.4. The molecular formula is C20H26O4. The lowest BCUT2D eigenvalue weighted by molar-refractivity contribution is -0.147. The number of rotatable bonds is 2. The fraction of sp³-hybridized carbons (Fsp3) is 1.00. The molecule has 0 spiro atoms. The summed E-state index contributed by atoms with van der Waals surface area (Å²) in [5.74, 6) is 6.15. The molecule has 24 heavy (non-hydrogen) atoms. The molecule has 2 saturated heterocycles. The molecule has 2 N–H and O–H groups in total. The second-order valence-electron chi connectivity index (χ2n) is 10.4. The maximum absolute atomic E-state index is 10.6. The zero-order valence-corrected chi connectivity index (χ0v) is 13.9. The highest BCUT2D eigenvalue weighted by Crippen LogP contribution is 2.86. The van der Waals surface area contributed by atoms with E-state index >= 15 is 0 Å². The summed E-state index contributed by atoms with van der Waals surface area (Å²) in [5, 5.41) is 21.2. The lowest BCUT2D eigenvalue weighted by Gasteiger charge is -2.38. The minimum Gasteiger partial charge on any atom is -0.393 e. The van der Waals surface area contributed by atoms with Crippen molar-refractivity contribution in [3.8, 4) is 0 Å². The minimum atomic E-state index is -0.233. The summed E-state index contributed by atoms with van der Waals surface area (Å²) in [6.07, 6.45) is 5.59. The van der Waals surface area contributed by atoms with Crippen LogP contribution in [0.3, 0.4) is 0 Å². The molecule has 0 radical (unpaired) electrons. The molecule has 0 aromatic heterocycles. The summed E-state index contributed by atoms with van der Waals surface area (Å²) in [7, 11) is 0. The Morgan fingerprint density at radius 1 is 0.625 bits per heavy atom. The summed E-state index contributed by atoms with van der Waals surface area (Å²) in [4.78, 5) is 0.